The van der Waals surface area contributed by atoms with Gasteiger partial charge in [0.25, 0.3) is 0 Å². The van der Waals surface area contributed by atoms with Crippen LogP contribution in [0, 0.1) is 0 Å². The van der Waals surface area contributed by atoms with Crippen LogP contribution in [0.5, 0.6) is 0 Å². The maximum Gasteiger partial charge on any atom is 0.331 e. The second-order valence-corrected chi connectivity index (χ2v) is 3.75. The molecule has 0 bridgehead atoms. The Morgan fingerprint density at radius 1 is 1.50 bits per heavy atom. The van der Waals surface area contributed by atoms with Crippen LogP contribution in [0.15, 0.2) is 16.5 Å². The van der Waals surface area contributed by atoms with E-state index in [2.05, 4.69) is 20.8 Å². The van der Waals surface area contributed by atoms with E-state index in [4.69, 9.17) is 0 Å². The van der Waals surface area contributed by atoms with Crippen LogP contribution in [-0.4, -0.2) is 18.1 Å². The summed E-state index contributed by atoms with van der Waals surface area (Å²) in [5.74, 6) is -0.630. The molecule has 0 saturated heterocycles. The van der Waals surface area contributed by atoms with Crippen LogP contribution in [0.1, 0.15) is 19.4 Å². The maximum absolute atomic E-state index is 10.8. The van der Waals surface area contributed by atoms with Gasteiger partial charge in [-0.2, -0.15) is 5.10 Å². The monoisotopic (exact) mass is 241 g/mol. The lowest BCUT2D eigenvalue weighted by molar-refractivity contribution is -0.148. The van der Waals surface area contributed by atoms with Crippen molar-refractivity contribution < 1.29 is 14.4 Å². The van der Waals surface area contributed by atoms with Crippen molar-refractivity contribution in [3.05, 3.63) is 17.0 Å². The van der Waals surface area contributed by atoms with Crippen LogP contribution < -0.4 is 10.9 Å². The number of amides is 1. The smallest absolute Gasteiger partial charge is 0.327 e. The van der Waals surface area contributed by atoms with Crippen molar-refractivity contribution in [2.45, 2.75) is 13.8 Å². The normalized spacial score (nSPS) is 10.1. The van der Waals surface area contributed by atoms with Gasteiger partial charge in [0.05, 0.1) is 6.21 Å². The number of carbonyl (C=O) groups excluding carboxylic acids is 2. The van der Waals surface area contributed by atoms with E-state index in [0.29, 0.717) is 5.00 Å². The molecule has 2 N–H and O–H groups in total. The second-order valence-electron chi connectivity index (χ2n) is 2.83. The van der Waals surface area contributed by atoms with Gasteiger partial charge in [0.15, 0.2) is 0 Å². The summed E-state index contributed by atoms with van der Waals surface area (Å²) in [5.41, 5.74) is 2.85. The molecular formula is C9H11N3O3S. The van der Waals surface area contributed by atoms with E-state index in [-0.39, 0.29) is 5.91 Å². The van der Waals surface area contributed by atoms with Crippen molar-refractivity contribution in [1.82, 2.24) is 5.59 Å². The molecule has 1 amide bonds. The maximum atomic E-state index is 10.8. The fourth-order valence-corrected chi connectivity index (χ4v) is 1.68. The van der Waals surface area contributed by atoms with Crippen molar-refractivity contribution >= 4 is 34.4 Å². The quantitative estimate of drug-likeness (QED) is 0.611. The number of rotatable bonds is 4. The zero-order chi connectivity index (χ0) is 12.0. The van der Waals surface area contributed by atoms with E-state index < -0.39 is 5.97 Å². The van der Waals surface area contributed by atoms with Gasteiger partial charge in [-0.1, -0.05) is 0 Å². The van der Waals surface area contributed by atoms with Gasteiger partial charge in [0.1, 0.15) is 5.00 Å². The summed E-state index contributed by atoms with van der Waals surface area (Å²) >= 11 is 1.38. The number of nitrogens with one attached hydrogen (secondary N) is 2. The number of hydrogen-bond donors (Lipinski definition) is 2. The number of carbonyl (C=O) groups is 2. The lowest BCUT2D eigenvalue weighted by atomic mass is 10.3. The summed E-state index contributed by atoms with van der Waals surface area (Å²) in [6.07, 6.45) is 1.45. The van der Waals surface area contributed by atoms with E-state index in [1.165, 1.54) is 31.4 Å². The highest BCUT2D eigenvalue weighted by molar-refractivity contribution is 7.14. The summed E-state index contributed by atoms with van der Waals surface area (Å²) in [6.45, 7) is 2.69. The largest absolute Gasteiger partial charge is 0.331 e. The topological polar surface area (TPSA) is 79.8 Å². The highest BCUT2D eigenvalue weighted by Crippen LogP contribution is 2.21. The van der Waals surface area contributed by atoms with Gasteiger partial charge in [-0.15, -0.1) is 16.9 Å². The Hall–Kier alpha value is -1.89. The molecule has 6 nitrogen and oxygen atoms in total. The molecule has 1 rings (SSSR count). The van der Waals surface area contributed by atoms with E-state index in [9.17, 15) is 9.59 Å². The van der Waals surface area contributed by atoms with E-state index >= 15 is 0 Å². The molecule has 0 aliphatic heterocycles. The molecule has 0 unspecified atom stereocenters. The predicted molar refractivity (Wildman–Crippen MR) is 61.1 cm³/mol. The van der Waals surface area contributed by atoms with Crippen LogP contribution in [0.2, 0.25) is 0 Å². The van der Waals surface area contributed by atoms with Gasteiger partial charge in [0, 0.05) is 19.4 Å². The second kappa shape index (κ2) is 5.86. The van der Waals surface area contributed by atoms with Gasteiger partial charge in [-0.05, 0) is 11.4 Å². The number of anilines is 1. The predicted octanol–water partition coefficient (Wildman–Crippen LogP) is 1.11. The Balaban J connectivity index is 2.56. The fraction of sp³-hybridized carbons (Fsp3) is 0.222. The minimum Gasteiger partial charge on any atom is -0.327 e. The molecule has 7 heteroatoms. The van der Waals surface area contributed by atoms with Crippen molar-refractivity contribution in [1.29, 1.82) is 0 Å². The standard InChI is InChI=1S/C9H11N3O3S/c1-6(13)11-9-8(3-4-16-9)5-10-12-15-7(2)14/h3-5,12H,1-2H3,(H,11,13)/b10-5-. The number of hydrogen-bond acceptors (Lipinski definition) is 6. The van der Waals surface area contributed by atoms with Crippen molar-refractivity contribution in [2.75, 3.05) is 5.32 Å². The SMILES string of the molecule is CC(=O)Nc1sccc1/C=N\NOC(C)=O. The Morgan fingerprint density at radius 2 is 2.25 bits per heavy atom. The molecular weight excluding hydrogens is 230 g/mol. The van der Waals surface area contributed by atoms with Gasteiger partial charge >= 0.3 is 5.97 Å². The Labute approximate surface area is 96.3 Å². The van der Waals surface area contributed by atoms with Gasteiger partial charge in [0.2, 0.25) is 5.91 Å². The molecule has 0 radical (unpaired) electrons. The van der Waals surface area contributed by atoms with Crippen LogP contribution in [0.3, 0.4) is 0 Å². The zero-order valence-electron chi connectivity index (χ0n) is 8.81. The van der Waals surface area contributed by atoms with E-state index in [1.54, 1.807) is 6.07 Å². The first-order chi connectivity index (χ1) is 7.59. The zero-order valence-corrected chi connectivity index (χ0v) is 9.63. The highest BCUT2D eigenvalue weighted by Gasteiger charge is 2.02. The molecule has 0 aromatic carbocycles. The Bertz CT molecular complexity index is 414. The lowest BCUT2D eigenvalue weighted by Gasteiger charge is -1.99. The summed E-state index contributed by atoms with van der Waals surface area (Å²) in [7, 11) is 0. The third-order valence-electron chi connectivity index (χ3n) is 1.43. The van der Waals surface area contributed by atoms with Crippen molar-refractivity contribution in [2.24, 2.45) is 5.10 Å². The molecule has 1 aromatic heterocycles. The summed E-state index contributed by atoms with van der Waals surface area (Å²) in [6, 6.07) is 1.79. The van der Waals surface area contributed by atoms with Crippen molar-refractivity contribution in [3.63, 3.8) is 0 Å². The minimum atomic E-state index is -0.482. The third kappa shape index (κ3) is 4.09. The van der Waals surface area contributed by atoms with Crippen LogP contribution >= 0.6 is 11.3 Å². The van der Waals surface area contributed by atoms with Gasteiger partial charge in [-0.25, -0.2) is 4.79 Å². The fourth-order valence-electron chi connectivity index (χ4n) is 0.869. The molecule has 0 aliphatic carbocycles. The van der Waals surface area contributed by atoms with Crippen LogP contribution in [0.25, 0.3) is 0 Å². The number of thiophene rings is 1. The number of nitrogens with zero attached hydrogens (tertiary/aromatic N) is 1. The molecule has 1 heterocycles. The molecule has 0 aliphatic rings. The average Bonchev–Trinajstić information content (AvgIpc) is 2.59. The van der Waals surface area contributed by atoms with E-state index in [0.717, 1.165) is 5.56 Å². The summed E-state index contributed by atoms with van der Waals surface area (Å²) < 4.78 is 0. The molecule has 0 atom stereocenters. The molecule has 0 fully saturated rings. The average molecular weight is 241 g/mol. The van der Waals surface area contributed by atoms with E-state index in [1.807, 2.05) is 5.38 Å². The van der Waals surface area contributed by atoms with Crippen molar-refractivity contribution in [3.8, 4) is 0 Å². The Morgan fingerprint density at radius 3 is 2.88 bits per heavy atom. The molecule has 16 heavy (non-hydrogen) atoms. The molecule has 86 valence electrons. The summed E-state index contributed by atoms with van der Waals surface area (Å²) in [4.78, 5) is 25.6. The Kier molecular flexibility index (Phi) is 4.46. The molecule has 1 aromatic rings. The number of hydrazone groups is 1. The van der Waals surface area contributed by atoms with Crippen LogP contribution in [-0.2, 0) is 14.4 Å². The third-order valence-corrected chi connectivity index (χ3v) is 2.28. The van der Waals surface area contributed by atoms with Crippen LogP contribution in [0.4, 0.5) is 5.00 Å². The summed E-state index contributed by atoms with van der Waals surface area (Å²) in [5, 5.41) is 8.83. The lowest BCUT2D eigenvalue weighted by Crippen LogP contribution is -2.11. The van der Waals surface area contributed by atoms with Gasteiger partial charge in [-0.3, -0.25) is 4.79 Å². The first-order valence-electron chi connectivity index (χ1n) is 4.40. The minimum absolute atomic E-state index is 0.148. The first kappa shape index (κ1) is 12.2. The molecule has 0 saturated carbocycles. The molecule has 0 spiro atoms. The highest BCUT2D eigenvalue weighted by atomic mass is 32.1. The first-order valence-corrected chi connectivity index (χ1v) is 5.28. The van der Waals surface area contributed by atoms with Gasteiger partial charge < -0.3 is 10.2 Å².